The maximum absolute atomic E-state index is 5.76. The van der Waals surface area contributed by atoms with Gasteiger partial charge in [0.1, 0.15) is 5.75 Å². The number of ether oxygens (including phenoxy) is 1. The second-order valence-electron chi connectivity index (χ2n) is 7.25. The molecule has 1 saturated heterocycles. The van der Waals surface area contributed by atoms with Crippen molar-refractivity contribution in [2.24, 2.45) is 0 Å². The SMILES string of the molecule is CCCCOc1ccc(Sc2ccc3[nH]cc(C4CCNCC4)c3c2)cc1. The Balaban J connectivity index is 1.48. The third kappa shape index (κ3) is 4.50. The molecule has 4 rings (SSSR count). The van der Waals surface area contributed by atoms with Crippen molar-refractivity contribution in [2.75, 3.05) is 19.7 Å². The summed E-state index contributed by atoms with van der Waals surface area (Å²) in [7, 11) is 0. The number of hydrogen-bond acceptors (Lipinski definition) is 3. The molecule has 0 unspecified atom stereocenters. The van der Waals surface area contributed by atoms with Crippen molar-refractivity contribution in [1.29, 1.82) is 0 Å². The van der Waals surface area contributed by atoms with Crippen LogP contribution in [0.5, 0.6) is 5.75 Å². The third-order valence-corrected chi connectivity index (χ3v) is 6.29. The molecule has 2 heterocycles. The second-order valence-corrected chi connectivity index (χ2v) is 8.40. The van der Waals surface area contributed by atoms with E-state index in [0.29, 0.717) is 5.92 Å². The fraction of sp³-hybridized carbons (Fsp3) is 0.391. The third-order valence-electron chi connectivity index (χ3n) is 5.29. The normalized spacial score (nSPS) is 15.3. The molecule has 0 spiro atoms. The smallest absolute Gasteiger partial charge is 0.119 e. The summed E-state index contributed by atoms with van der Waals surface area (Å²) >= 11 is 1.82. The highest BCUT2D eigenvalue weighted by Crippen LogP contribution is 2.36. The highest BCUT2D eigenvalue weighted by atomic mass is 32.2. The summed E-state index contributed by atoms with van der Waals surface area (Å²) in [6, 6.07) is 15.2. The van der Waals surface area contributed by atoms with Crippen molar-refractivity contribution in [3.63, 3.8) is 0 Å². The number of H-pyrrole nitrogens is 1. The summed E-state index contributed by atoms with van der Waals surface area (Å²) in [5.41, 5.74) is 2.72. The van der Waals surface area contributed by atoms with E-state index in [-0.39, 0.29) is 0 Å². The lowest BCUT2D eigenvalue weighted by molar-refractivity contribution is 0.309. The van der Waals surface area contributed by atoms with Crippen LogP contribution in [0.1, 0.15) is 44.1 Å². The monoisotopic (exact) mass is 380 g/mol. The minimum absolute atomic E-state index is 0.666. The molecule has 0 saturated carbocycles. The number of piperidine rings is 1. The Hall–Kier alpha value is -1.91. The Bertz CT molecular complexity index is 866. The van der Waals surface area contributed by atoms with Crippen LogP contribution in [0, 0.1) is 0 Å². The summed E-state index contributed by atoms with van der Waals surface area (Å²) in [6.45, 7) is 5.23. The van der Waals surface area contributed by atoms with Gasteiger partial charge in [0.15, 0.2) is 0 Å². The van der Waals surface area contributed by atoms with E-state index in [1.807, 2.05) is 11.8 Å². The van der Waals surface area contributed by atoms with Crippen LogP contribution in [0.25, 0.3) is 10.9 Å². The van der Waals surface area contributed by atoms with Gasteiger partial charge in [-0.1, -0.05) is 25.1 Å². The van der Waals surface area contributed by atoms with E-state index in [1.54, 1.807) is 0 Å². The van der Waals surface area contributed by atoms with Gasteiger partial charge in [-0.15, -0.1) is 0 Å². The van der Waals surface area contributed by atoms with Gasteiger partial charge < -0.3 is 15.0 Å². The number of rotatable bonds is 7. The highest BCUT2D eigenvalue weighted by molar-refractivity contribution is 7.99. The summed E-state index contributed by atoms with van der Waals surface area (Å²) in [5.74, 6) is 1.63. The molecule has 1 aliphatic heterocycles. The average Bonchev–Trinajstić information content (AvgIpc) is 3.13. The van der Waals surface area contributed by atoms with Crippen molar-refractivity contribution < 1.29 is 4.74 Å². The minimum atomic E-state index is 0.666. The fourth-order valence-electron chi connectivity index (χ4n) is 3.73. The first-order chi connectivity index (χ1) is 13.3. The molecule has 0 bridgehead atoms. The van der Waals surface area contributed by atoms with Crippen molar-refractivity contribution in [1.82, 2.24) is 10.3 Å². The van der Waals surface area contributed by atoms with Gasteiger partial charge in [0.05, 0.1) is 6.61 Å². The first kappa shape index (κ1) is 18.5. The van der Waals surface area contributed by atoms with E-state index in [1.165, 1.54) is 39.1 Å². The molecule has 0 atom stereocenters. The molecule has 0 amide bonds. The number of unbranched alkanes of at least 4 members (excludes halogenated alkanes) is 1. The molecule has 3 aromatic rings. The van der Waals surface area contributed by atoms with Crippen LogP contribution in [-0.2, 0) is 0 Å². The van der Waals surface area contributed by atoms with Crippen molar-refractivity contribution in [3.8, 4) is 5.75 Å². The summed E-state index contributed by atoms with van der Waals surface area (Å²) in [6.07, 6.45) is 6.94. The molecule has 2 aromatic carbocycles. The highest BCUT2D eigenvalue weighted by Gasteiger charge is 2.18. The van der Waals surface area contributed by atoms with Gasteiger partial charge >= 0.3 is 0 Å². The van der Waals surface area contributed by atoms with Gasteiger partial charge in [0.2, 0.25) is 0 Å². The Morgan fingerprint density at radius 1 is 1.04 bits per heavy atom. The zero-order valence-electron chi connectivity index (χ0n) is 16.0. The van der Waals surface area contributed by atoms with Crippen LogP contribution in [0.15, 0.2) is 58.5 Å². The van der Waals surface area contributed by atoms with E-state index in [4.69, 9.17) is 4.74 Å². The minimum Gasteiger partial charge on any atom is -0.494 e. The van der Waals surface area contributed by atoms with Crippen molar-refractivity contribution in [2.45, 2.75) is 48.3 Å². The van der Waals surface area contributed by atoms with Crippen LogP contribution in [0.2, 0.25) is 0 Å². The van der Waals surface area contributed by atoms with Crippen LogP contribution in [0.3, 0.4) is 0 Å². The van der Waals surface area contributed by atoms with Gasteiger partial charge in [-0.25, -0.2) is 0 Å². The predicted molar refractivity (Wildman–Crippen MR) is 114 cm³/mol. The van der Waals surface area contributed by atoms with Crippen LogP contribution >= 0.6 is 11.8 Å². The van der Waals surface area contributed by atoms with E-state index >= 15 is 0 Å². The number of hydrogen-bond donors (Lipinski definition) is 2. The van der Waals surface area contributed by atoms with E-state index in [9.17, 15) is 0 Å². The molecule has 2 N–H and O–H groups in total. The van der Waals surface area contributed by atoms with E-state index in [0.717, 1.165) is 38.3 Å². The number of benzene rings is 2. The maximum atomic E-state index is 5.76. The molecule has 1 fully saturated rings. The first-order valence-corrected chi connectivity index (χ1v) is 10.9. The average molecular weight is 381 g/mol. The first-order valence-electron chi connectivity index (χ1n) is 10.1. The Morgan fingerprint density at radius 2 is 1.81 bits per heavy atom. The molecule has 4 heteroatoms. The molecule has 1 aromatic heterocycles. The molecule has 0 aliphatic carbocycles. The number of aromatic nitrogens is 1. The van der Waals surface area contributed by atoms with Crippen LogP contribution < -0.4 is 10.1 Å². The molecular weight excluding hydrogens is 352 g/mol. The zero-order valence-corrected chi connectivity index (χ0v) is 16.8. The quantitative estimate of drug-likeness (QED) is 0.496. The van der Waals surface area contributed by atoms with E-state index in [2.05, 4.69) is 65.9 Å². The number of nitrogens with one attached hydrogen (secondary N) is 2. The lowest BCUT2D eigenvalue weighted by atomic mass is 9.90. The number of aromatic amines is 1. The molecule has 27 heavy (non-hydrogen) atoms. The maximum Gasteiger partial charge on any atom is 0.119 e. The van der Waals surface area contributed by atoms with Crippen LogP contribution in [-0.4, -0.2) is 24.7 Å². The van der Waals surface area contributed by atoms with Crippen molar-refractivity contribution in [3.05, 3.63) is 54.2 Å². The predicted octanol–water partition coefficient (Wildman–Crippen LogP) is 5.97. The molecule has 1 aliphatic rings. The van der Waals surface area contributed by atoms with Gasteiger partial charge in [0.25, 0.3) is 0 Å². The lowest BCUT2D eigenvalue weighted by Gasteiger charge is -2.22. The summed E-state index contributed by atoms with van der Waals surface area (Å²) < 4.78 is 5.76. The molecule has 3 nitrogen and oxygen atoms in total. The molecule has 0 radical (unpaired) electrons. The number of fused-ring (bicyclic) bond motifs is 1. The topological polar surface area (TPSA) is 37.0 Å². The summed E-state index contributed by atoms with van der Waals surface area (Å²) in [5, 5.41) is 4.85. The largest absolute Gasteiger partial charge is 0.494 e. The van der Waals surface area contributed by atoms with Gasteiger partial charge in [-0.3, -0.25) is 0 Å². The second kappa shape index (κ2) is 8.85. The molecule has 142 valence electrons. The van der Waals surface area contributed by atoms with Gasteiger partial charge in [0, 0.05) is 26.9 Å². The Morgan fingerprint density at radius 3 is 2.59 bits per heavy atom. The van der Waals surface area contributed by atoms with E-state index < -0.39 is 0 Å². The Kier molecular flexibility index (Phi) is 6.05. The zero-order chi connectivity index (χ0) is 18.5. The fourth-order valence-corrected chi connectivity index (χ4v) is 4.59. The standard InChI is InChI=1S/C23H28N2OS/c1-2-3-14-26-18-4-6-19(7-5-18)27-20-8-9-23-21(15-20)22(16-25-23)17-10-12-24-13-11-17/h4-9,15-17,24-25H,2-3,10-14H2,1H3. The lowest BCUT2D eigenvalue weighted by Crippen LogP contribution is -2.26. The van der Waals surface area contributed by atoms with Crippen LogP contribution in [0.4, 0.5) is 0 Å². The van der Waals surface area contributed by atoms with Gasteiger partial charge in [-0.2, -0.15) is 0 Å². The molecular formula is C23H28N2OS. The summed E-state index contributed by atoms with van der Waals surface area (Å²) in [4.78, 5) is 6.00. The van der Waals surface area contributed by atoms with Gasteiger partial charge in [-0.05, 0) is 86.3 Å². The van der Waals surface area contributed by atoms with Crippen molar-refractivity contribution >= 4 is 22.7 Å². The Labute approximate surface area is 165 Å².